The van der Waals surface area contributed by atoms with Crippen LogP contribution in [-0.2, 0) is 27.9 Å². The molecule has 3 heterocycles. The van der Waals surface area contributed by atoms with Gasteiger partial charge in [-0.15, -0.1) is 0 Å². The fourth-order valence-corrected chi connectivity index (χ4v) is 5.81. The second-order valence-electron chi connectivity index (χ2n) is 17.0. The minimum Gasteiger partial charge on any atom is -0.457 e. The Balaban J connectivity index is 0.000000165. The lowest BCUT2D eigenvalue weighted by molar-refractivity contribution is 0.00578. The van der Waals surface area contributed by atoms with Crippen molar-refractivity contribution in [2.24, 2.45) is 0 Å². The van der Waals surface area contributed by atoms with Crippen molar-refractivity contribution >= 4 is 49.2 Å². The molecule has 0 radical (unpaired) electrons. The lowest BCUT2D eigenvalue weighted by atomic mass is 9.49. The van der Waals surface area contributed by atoms with Crippen molar-refractivity contribution in [3.05, 3.63) is 112 Å². The van der Waals surface area contributed by atoms with E-state index in [1.54, 1.807) is 24.3 Å². The third kappa shape index (κ3) is 10.5. The Labute approximate surface area is 345 Å². The number of halogens is 3. The van der Waals surface area contributed by atoms with Gasteiger partial charge in [0.1, 0.15) is 34.6 Å². The van der Waals surface area contributed by atoms with E-state index in [-0.39, 0.29) is 52.4 Å². The lowest BCUT2D eigenvalue weighted by Gasteiger charge is -2.32. The van der Waals surface area contributed by atoms with Crippen LogP contribution in [0, 0.1) is 15.2 Å². The molecule has 0 amide bonds. The predicted octanol–water partition coefficient (Wildman–Crippen LogP) is 10.4. The van der Waals surface area contributed by atoms with E-state index in [4.69, 9.17) is 37.4 Å². The second kappa shape index (κ2) is 16.7. The molecule has 0 bridgehead atoms. The zero-order chi connectivity index (χ0) is 41.3. The van der Waals surface area contributed by atoms with Gasteiger partial charge in [-0.05, 0) is 196 Å². The molecule has 7 rings (SSSR count). The fourth-order valence-electron chi connectivity index (χ4n) is 5.45. The highest BCUT2D eigenvalue weighted by atomic mass is 127. The predicted molar refractivity (Wildman–Crippen MR) is 226 cm³/mol. The summed E-state index contributed by atoms with van der Waals surface area (Å²) in [4.78, 5) is 0. The Morgan fingerprint density at radius 2 is 0.643 bits per heavy atom. The van der Waals surface area contributed by atoms with Crippen molar-refractivity contribution in [2.45, 2.75) is 117 Å². The maximum atomic E-state index is 12.9. The van der Waals surface area contributed by atoms with Crippen LogP contribution in [-0.4, -0.2) is 54.7 Å². The lowest BCUT2D eigenvalue weighted by Crippen LogP contribution is -2.41. The Hall–Kier alpha value is -2.98. The average molecular weight is 882 g/mol. The van der Waals surface area contributed by atoms with E-state index in [9.17, 15) is 8.78 Å². The monoisotopic (exact) mass is 882 g/mol. The highest BCUT2D eigenvalue weighted by molar-refractivity contribution is 14.1. The van der Waals surface area contributed by atoms with Gasteiger partial charge in [-0.1, -0.05) is 12.1 Å². The number of rotatable bonds is 6. The molecule has 0 aliphatic carbocycles. The fraction of sp³-hybridized carbons (Fsp3) is 0.429. The maximum Gasteiger partial charge on any atom is 0.494 e. The molecule has 3 saturated heterocycles. The standard InChI is InChI=1S/C18H20BFO3.C12H24B2O4.C12H8FIO/c1-17(2)18(3,4)23-19(22-17)13-5-9-15(10-6-13)21-16-11-7-14(20)8-12-16;1-9(2)10(3,4)16-13(15-9)14-17-11(5,6)12(7,8)18-14;13-9-1-5-11(6-2-9)15-12-7-3-10(14)4-8-12/h5-12H,1-4H3;1-8H3;1-8H. The van der Waals surface area contributed by atoms with Gasteiger partial charge >= 0.3 is 21.1 Å². The van der Waals surface area contributed by atoms with Crippen molar-refractivity contribution in [3.63, 3.8) is 0 Å². The molecule has 3 aliphatic rings. The Kier molecular flexibility index (Phi) is 13.2. The Bertz CT molecular complexity index is 1780. The van der Waals surface area contributed by atoms with Crippen LogP contribution in [0.15, 0.2) is 97.1 Å². The van der Waals surface area contributed by atoms with E-state index in [0.717, 1.165) is 14.8 Å². The summed E-state index contributed by atoms with van der Waals surface area (Å²) >= 11 is 2.23. The highest BCUT2D eigenvalue weighted by Crippen LogP contribution is 2.43. The van der Waals surface area contributed by atoms with Gasteiger partial charge in [-0.3, -0.25) is 0 Å². The molecule has 3 aliphatic heterocycles. The minimum absolute atomic E-state index is 0.259. The molecular weight excluding hydrogens is 830 g/mol. The molecule has 0 spiro atoms. The number of hydrogen-bond acceptors (Lipinski definition) is 8. The van der Waals surface area contributed by atoms with Crippen LogP contribution in [0.3, 0.4) is 0 Å². The van der Waals surface area contributed by atoms with E-state index >= 15 is 0 Å². The normalized spacial score (nSPS) is 20.7. The van der Waals surface area contributed by atoms with Gasteiger partial charge in [0.2, 0.25) is 0 Å². The summed E-state index contributed by atoms with van der Waals surface area (Å²) in [6.45, 7) is 24.3. The maximum absolute atomic E-state index is 12.9. The molecule has 4 aromatic carbocycles. The first kappa shape index (κ1) is 44.1. The summed E-state index contributed by atoms with van der Waals surface area (Å²) in [5.41, 5.74) is -1.22. The van der Waals surface area contributed by atoms with E-state index in [0.29, 0.717) is 17.2 Å². The van der Waals surface area contributed by atoms with Crippen molar-refractivity contribution in [3.8, 4) is 23.0 Å². The van der Waals surface area contributed by atoms with Crippen molar-refractivity contribution in [1.82, 2.24) is 0 Å². The van der Waals surface area contributed by atoms with Crippen molar-refractivity contribution in [2.75, 3.05) is 0 Å². The molecule has 298 valence electrons. The average Bonchev–Trinajstić information content (AvgIpc) is 3.58. The van der Waals surface area contributed by atoms with Gasteiger partial charge in [-0.2, -0.15) is 0 Å². The Morgan fingerprint density at radius 1 is 0.393 bits per heavy atom. The summed E-state index contributed by atoms with van der Waals surface area (Å²) in [5, 5.41) is 0. The summed E-state index contributed by atoms with van der Waals surface area (Å²) in [7, 11) is -1.34. The molecule has 56 heavy (non-hydrogen) atoms. The third-order valence-electron chi connectivity index (χ3n) is 11.1. The van der Waals surface area contributed by atoms with Gasteiger partial charge in [-0.25, -0.2) is 8.78 Å². The number of benzene rings is 4. The molecule has 3 fully saturated rings. The second-order valence-corrected chi connectivity index (χ2v) is 18.2. The van der Waals surface area contributed by atoms with Crippen molar-refractivity contribution < 1.29 is 46.2 Å². The molecule has 0 N–H and O–H groups in total. The first-order valence-corrected chi connectivity index (χ1v) is 19.8. The van der Waals surface area contributed by atoms with Gasteiger partial charge in [0.15, 0.2) is 0 Å². The minimum atomic E-state index is -0.476. The van der Waals surface area contributed by atoms with E-state index in [1.165, 1.54) is 24.3 Å². The zero-order valence-corrected chi connectivity index (χ0v) is 36.5. The molecule has 0 saturated carbocycles. The van der Waals surface area contributed by atoms with Gasteiger partial charge in [0, 0.05) is 3.57 Å². The van der Waals surface area contributed by atoms with Crippen LogP contribution in [0.4, 0.5) is 8.78 Å². The molecule has 14 heteroatoms. The third-order valence-corrected chi connectivity index (χ3v) is 11.8. The molecule has 0 aromatic heterocycles. The quantitative estimate of drug-likeness (QED) is 0.140. The summed E-state index contributed by atoms with van der Waals surface area (Å²) < 4.78 is 73.8. The highest BCUT2D eigenvalue weighted by Gasteiger charge is 2.63. The number of ether oxygens (including phenoxy) is 2. The molecule has 4 aromatic rings. The van der Waals surface area contributed by atoms with Crippen molar-refractivity contribution in [1.29, 1.82) is 0 Å². The smallest absolute Gasteiger partial charge is 0.457 e. The van der Waals surface area contributed by atoms with Crippen LogP contribution in [0.5, 0.6) is 23.0 Å². The number of hydrogen-bond donors (Lipinski definition) is 0. The van der Waals surface area contributed by atoms with E-state index in [2.05, 4.69) is 22.6 Å². The molecule has 0 atom stereocenters. The topological polar surface area (TPSA) is 73.8 Å². The summed E-state index contributed by atoms with van der Waals surface area (Å²) in [5.74, 6) is 2.12. The van der Waals surface area contributed by atoms with Crippen LogP contribution >= 0.6 is 22.6 Å². The Morgan fingerprint density at radius 3 is 0.946 bits per heavy atom. The largest absolute Gasteiger partial charge is 0.494 e. The van der Waals surface area contributed by atoms with Gasteiger partial charge in [0.05, 0.1) is 33.6 Å². The molecule has 8 nitrogen and oxygen atoms in total. The summed E-state index contributed by atoms with van der Waals surface area (Å²) in [6, 6.07) is 27.1. The SMILES string of the molecule is CC1(C)OB(B2OC(C)(C)C(C)(C)O2)OC1(C)C.CC1(C)OB(c2ccc(Oc3ccc(F)cc3)cc2)OC1(C)C.Fc1ccc(Oc2ccc(I)cc2)cc1. The van der Waals surface area contributed by atoms with Crippen LogP contribution in [0.25, 0.3) is 0 Å². The van der Waals surface area contributed by atoms with Crippen LogP contribution < -0.4 is 14.9 Å². The van der Waals surface area contributed by atoms with Crippen LogP contribution in [0.1, 0.15) is 83.1 Å². The summed E-state index contributed by atoms with van der Waals surface area (Å²) in [6.07, 6.45) is 0. The first-order chi connectivity index (χ1) is 25.9. The molecular formula is C42H52B3F2IO8. The zero-order valence-electron chi connectivity index (χ0n) is 34.4. The first-order valence-electron chi connectivity index (χ1n) is 18.7. The van der Waals surface area contributed by atoms with Gasteiger partial charge < -0.3 is 37.4 Å². The van der Waals surface area contributed by atoms with Gasteiger partial charge in [0.25, 0.3) is 0 Å². The van der Waals surface area contributed by atoms with Crippen LogP contribution in [0.2, 0.25) is 0 Å². The molecule has 0 unspecified atom stereocenters. The van der Waals surface area contributed by atoms with E-state index in [1.807, 2.05) is 132 Å². The van der Waals surface area contributed by atoms with E-state index < -0.39 is 14.0 Å².